The quantitative estimate of drug-likeness (QED) is 0.0630. The van der Waals surface area contributed by atoms with E-state index in [0.717, 1.165) is 42.7 Å². The predicted molar refractivity (Wildman–Crippen MR) is 242 cm³/mol. The number of fused-ring (bicyclic) bond motifs is 4. The van der Waals surface area contributed by atoms with Gasteiger partial charge in [-0.1, -0.05) is 23.6 Å². The molecule has 3 heterocycles. The van der Waals surface area contributed by atoms with Gasteiger partial charge in [-0.05, 0) is 74.4 Å². The molecule has 0 spiro atoms. The minimum Gasteiger partial charge on any atom is -0.481 e. The molecule has 2 aliphatic rings. The van der Waals surface area contributed by atoms with Gasteiger partial charge in [0, 0.05) is 34.9 Å². The third kappa shape index (κ3) is 11.5. The van der Waals surface area contributed by atoms with Crippen molar-refractivity contribution >= 4 is 72.1 Å². The largest absolute Gasteiger partial charge is 0.481 e. The van der Waals surface area contributed by atoms with Crippen LogP contribution in [-0.4, -0.2) is 105 Å². The Balaban J connectivity index is 1.49. The van der Waals surface area contributed by atoms with Crippen LogP contribution in [0.2, 0.25) is 5.02 Å². The lowest BCUT2D eigenvalue weighted by Gasteiger charge is -2.23. The molecule has 0 aliphatic heterocycles. The van der Waals surface area contributed by atoms with Crippen LogP contribution in [0.4, 0.5) is 54.5 Å². The molecule has 0 bridgehead atoms. The highest BCUT2D eigenvalue weighted by atomic mass is 35.5. The van der Waals surface area contributed by atoms with Gasteiger partial charge in [-0.25, -0.2) is 40.2 Å². The second kappa shape index (κ2) is 19.3. The lowest BCUT2D eigenvalue weighted by molar-refractivity contribution is -0.145. The molecule has 1 fully saturated rings. The number of aromatic nitrogens is 5. The zero-order valence-electron chi connectivity index (χ0n) is 38.7. The summed E-state index contributed by atoms with van der Waals surface area (Å²) in [6.45, 7) is -1.09. The number of carbonyl (C=O) groups is 4. The van der Waals surface area contributed by atoms with Crippen molar-refractivity contribution in [3.05, 3.63) is 93.0 Å². The Morgan fingerprint density at radius 1 is 0.920 bits per heavy atom. The molecule has 5 aromatic rings. The highest BCUT2D eigenvalue weighted by molar-refractivity contribution is 7.93. The first-order chi connectivity index (χ1) is 34.4. The van der Waals surface area contributed by atoms with Gasteiger partial charge in [0.05, 0.1) is 40.3 Å². The zero-order valence-corrected chi connectivity index (χ0v) is 41.1. The summed E-state index contributed by atoms with van der Waals surface area (Å²) in [5.41, 5.74) is -6.67. The Morgan fingerprint density at radius 2 is 1.55 bits per heavy atom. The number of nitrogens with zero attached hydrogens (tertiary/aromatic N) is 6. The van der Waals surface area contributed by atoms with Crippen LogP contribution in [0.3, 0.4) is 0 Å². The minimum absolute atomic E-state index is 0.103. The van der Waals surface area contributed by atoms with Crippen molar-refractivity contribution in [3.8, 4) is 23.0 Å². The molecule has 0 saturated heterocycles. The summed E-state index contributed by atoms with van der Waals surface area (Å²) in [5.74, 6) is -10.5. The Kier molecular flexibility index (Phi) is 14.3. The van der Waals surface area contributed by atoms with Gasteiger partial charge in [0.2, 0.25) is 15.9 Å². The molecule has 0 radical (unpaired) electrons. The maximum absolute atomic E-state index is 15.6. The lowest BCUT2D eigenvalue weighted by Crippen LogP contribution is -2.50. The van der Waals surface area contributed by atoms with Crippen molar-refractivity contribution in [1.29, 1.82) is 0 Å². The number of halogens is 11. The fraction of sp³-hybridized carbons (Fsp3) is 0.386. The van der Waals surface area contributed by atoms with E-state index in [1.54, 1.807) is 5.32 Å². The summed E-state index contributed by atoms with van der Waals surface area (Å²) < 4.78 is 197. The number of benzene rings is 2. The molecule has 402 valence electrons. The third-order valence-electron chi connectivity index (χ3n) is 12.0. The van der Waals surface area contributed by atoms with E-state index in [0.29, 0.717) is 12.3 Å². The van der Waals surface area contributed by atoms with Crippen LogP contribution in [0.1, 0.15) is 72.6 Å². The third-order valence-corrected chi connectivity index (χ3v) is 15.3. The highest BCUT2D eigenvalue weighted by Crippen LogP contribution is 2.68. The summed E-state index contributed by atoms with van der Waals surface area (Å²) in [4.78, 5) is 55.6. The van der Waals surface area contributed by atoms with Crippen LogP contribution in [0.25, 0.3) is 22.0 Å². The molecule has 4 atom stereocenters. The van der Waals surface area contributed by atoms with Crippen molar-refractivity contribution < 1.29 is 90.1 Å². The van der Waals surface area contributed by atoms with Crippen LogP contribution >= 0.6 is 11.6 Å². The summed E-state index contributed by atoms with van der Waals surface area (Å²) in [5, 5.41) is 28.5. The molecule has 75 heavy (non-hydrogen) atoms. The number of carboxylic acid groups (broad SMARTS) is 2. The van der Waals surface area contributed by atoms with Crippen LogP contribution < -0.4 is 14.9 Å². The molecule has 31 heteroatoms. The van der Waals surface area contributed by atoms with Gasteiger partial charge in [-0.15, -0.1) is 0 Å². The summed E-state index contributed by atoms with van der Waals surface area (Å²) in [6, 6.07) is -0.149. The highest BCUT2D eigenvalue weighted by Gasteiger charge is 2.68. The number of sulfonamides is 1. The van der Waals surface area contributed by atoms with E-state index >= 15 is 8.78 Å². The van der Waals surface area contributed by atoms with Crippen LogP contribution in [0.5, 0.6) is 0 Å². The Bertz CT molecular complexity index is 3500. The fourth-order valence-electron chi connectivity index (χ4n) is 8.39. The van der Waals surface area contributed by atoms with E-state index in [-0.39, 0.29) is 31.3 Å². The molecule has 0 unspecified atom stereocenters. The summed E-state index contributed by atoms with van der Waals surface area (Å²) in [7, 11) is -9.08. The monoisotopic (exact) mass is 1130 g/mol. The topological polar surface area (TPSA) is 253 Å². The van der Waals surface area contributed by atoms with Gasteiger partial charge in [-0.2, -0.15) is 49.6 Å². The van der Waals surface area contributed by atoms with Gasteiger partial charge in [0.25, 0.3) is 5.92 Å². The van der Waals surface area contributed by atoms with Gasteiger partial charge in [0.1, 0.15) is 46.9 Å². The van der Waals surface area contributed by atoms with E-state index in [4.69, 9.17) is 11.6 Å². The number of alkyl halides is 8. The molecule has 3 aromatic heterocycles. The van der Waals surface area contributed by atoms with E-state index in [1.807, 2.05) is 0 Å². The molecule has 2 aromatic carbocycles. The second-order valence-corrected chi connectivity index (χ2v) is 22.8. The minimum atomic E-state index is -5.26. The molecule has 1 saturated carbocycles. The van der Waals surface area contributed by atoms with Crippen molar-refractivity contribution in [2.24, 2.45) is 5.92 Å². The predicted octanol–water partition coefficient (Wildman–Crippen LogP) is 6.69. The van der Waals surface area contributed by atoms with Gasteiger partial charge < -0.3 is 20.8 Å². The Labute approximate surface area is 422 Å². The number of hydrogen-bond acceptors (Lipinski definition) is 11. The number of amides is 3. The first kappa shape index (κ1) is 55.7. The van der Waals surface area contributed by atoms with Crippen LogP contribution in [0, 0.1) is 29.4 Å². The molecule has 2 aliphatic carbocycles. The number of aliphatic carboxylic acids is 2. The van der Waals surface area contributed by atoms with Crippen molar-refractivity contribution in [1.82, 2.24) is 35.2 Å². The fourth-order valence-corrected chi connectivity index (χ4v) is 9.66. The van der Waals surface area contributed by atoms with E-state index in [1.165, 1.54) is 13.8 Å². The smallest absolute Gasteiger partial charge is 0.435 e. The zero-order chi connectivity index (χ0) is 55.9. The number of rotatable bonds is 15. The number of carbonyl (C=O) groups excluding carboxylic acids is 2. The number of sulfone groups is 1. The molecule has 4 N–H and O–H groups in total. The number of carboxylic acids is 2. The molecule has 18 nitrogen and oxygen atoms in total. The number of pyridine rings is 1. The first-order valence-corrected chi connectivity index (χ1v) is 25.6. The molecular weight excluding hydrogens is 1090 g/mol. The number of nitrogens with one attached hydrogen (secondary N) is 2. The summed E-state index contributed by atoms with van der Waals surface area (Å²) in [6.07, 6.45) is -11.8. The first-order valence-electron chi connectivity index (χ1n) is 21.4. The normalized spacial score (nSPS) is 17.1. The maximum atomic E-state index is 15.6. The second-order valence-electron chi connectivity index (χ2n) is 18.0. The van der Waals surface area contributed by atoms with Crippen LogP contribution in [-0.2, 0) is 65.9 Å². The molecular formula is C44H37ClF10N8O10S2. The standard InChI is InChI=1S/C44H37ClF10N8O10S2/c1-41(2,74(3,70)71)10-9-22-5-6-23(24-7-8-27(45)33-35(24)62(18-42(48,49)50)60-38(33)63(75(4,72)73)40(69)58-29(39(67)68)16-31(65)66)34(56-22)28(13-19-11-20(46)14-21(47)12-19)57-30(64)17-61-37-32(36(59-61)44(53,54)55)25-15-26(25)43(37,51)52/h5-8,11-12,14,25-26,28-29H,13,15-18H2,1-4H3,(H,57,64)(H,58,69)(H,65,66)(H,67,68)/t25-,26+,28-,29-/m0/s1. The van der Waals surface area contributed by atoms with E-state index in [2.05, 4.69) is 32.3 Å². The summed E-state index contributed by atoms with van der Waals surface area (Å²) >= 11 is 6.56. The Morgan fingerprint density at radius 3 is 2.11 bits per heavy atom. The van der Waals surface area contributed by atoms with E-state index < -0.39 is 184 Å². The van der Waals surface area contributed by atoms with Gasteiger partial charge in [0.15, 0.2) is 21.3 Å². The maximum Gasteiger partial charge on any atom is 0.435 e. The number of urea groups is 1. The van der Waals surface area contributed by atoms with E-state index in [9.17, 15) is 81.4 Å². The van der Waals surface area contributed by atoms with Crippen LogP contribution in [0.15, 0.2) is 42.5 Å². The lowest BCUT2D eigenvalue weighted by atomic mass is 9.93. The average molecular weight is 1130 g/mol. The van der Waals surface area contributed by atoms with Gasteiger partial charge >= 0.3 is 30.3 Å². The number of hydrogen-bond donors (Lipinski definition) is 4. The van der Waals surface area contributed by atoms with Crippen molar-refractivity contribution in [2.45, 2.75) is 87.2 Å². The Hall–Kier alpha value is -7.00. The SMILES string of the molecule is CC(C)(C#Cc1ccc(-c2ccc(Cl)c3c(N(C(=O)N[C@@H](CC(=O)O)C(=O)O)S(C)(=O)=O)nn(CC(F)(F)F)c23)c([C@H](Cc2cc(F)cc(F)c2)NC(=O)Cn2nc(C(F)(F)F)c3c2C(F)(F)[C@@H]2C[C@H]32)n1)S(C)(=O)=O. The number of anilines is 1. The van der Waals surface area contributed by atoms with Gasteiger partial charge in [-0.3, -0.25) is 19.0 Å². The molecule has 7 rings (SSSR count). The molecule has 3 amide bonds. The van der Waals surface area contributed by atoms with Crippen molar-refractivity contribution in [3.63, 3.8) is 0 Å². The average Bonchev–Trinajstić information content (AvgIpc) is 3.76. The van der Waals surface area contributed by atoms with Crippen molar-refractivity contribution in [2.75, 3.05) is 16.8 Å².